The van der Waals surface area contributed by atoms with Gasteiger partial charge in [-0.3, -0.25) is 0 Å². The first-order valence-electron chi connectivity index (χ1n) is 8.07. The van der Waals surface area contributed by atoms with Gasteiger partial charge < -0.3 is 5.32 Å². The van der Waals surface area contributed by atoms with Gasteiger partial charge in [-0.25, -0.2) is 0 Å². The minimum atomic E-state index is 0.676. The summed E-state index contributed by atoms with van der Waals surface area (Å²) in [6, 6.07) is 9.52. The second kappa shape index (κ2) is 6.73. The SMILES string of the molecule is CCCNC(Cc1csc2ccccc12)C1CCCC1. The predicted octanol–water partition coefficient (Wildman–Crippen LogP) is 5.00. The molecular formula is C18H25NS. The van der Waals surface area contributed by atoms with Gasteiger partial charge in [0.15, 0.2) is 0 Å². The van der Waals surface area contributed by atoms with E-state index < -0.39 is 0 Å². The van der Waals surface area contributed by atoms with Crippen molar-refractivity contribution >= 4 is 21.4 Å². The molecule has 1 aromatic carbocycles. The van der Waals surface area contributed by atoms with Crippen LogP contribution in [0.3, 0.4) is 0 Å². The highest BCUT2D eigenvalue weighted by molar-refractivity contribution is 7.17. The Kier molecular flexibility index (Phi) is 4.74. The van der Waals surface area contributed by atoms with Crippen LogP contribution in [0, 0.1) is 5.92 Å². The van der Waals surface area contributed by atoms with Crippen LogP contribution in [0.15, 0.2) is 29.6 Å². The van der Waals surface area contributed by atoms with Crippen LogP contribution in [-0.2, 0) is 6.42 Å². The molecule has 0 saturated heterocycles. The lowest BCUT2D eigenvalue weighted by Gasteiger charge is -2.24. The molecular weight excluding hydrogens is 262 g/mol. The summed E-state index contributed by atoms with van der Waals surface area (Å²) in [5, 5.41) is 7.67. The van der Waals surface area contributed by atoms with E-state index in [4.69, 9.17) is 0 Å². The Labute approximate surface area is 126 Å². The maximum absolute atomic E-state index is 3.82. The number of thiophene rings is 1. The first kappa shape index (κ1) is 14.1. The molecule has 1 aliphatic carbocycles. The van der Waals surface area contributed by atoms with Crippen LogP contribution in [0.1, 0.15) is 44.6 Å². The number of rotatable bonds is 6. The Morgan fingerprint density at radius 2 is 2.05 bits per heavy atom. The molecule has 108 valence electrons. The van der Waals surface area contributed by atoms with E-state index in [1.807, 2.05) is 11.3 Å². The maximum atomic E-state index is 3.82. The first-order chi connectivity index (χ1) is 9.88. The number of nitrogens with one attached hydrogen (secondary N) is 1. The topological polar surface area (TPSA) is 12.0 Å². The Bertz CT molecular complexity index is 539. The molecule has 1 saturated carbocycles. The fraction of sp³-hybridized carbons (Fsp3) is 0.556. The van der Waals surface area contributed by atoms with Crippen molar-refractivity contribution in [2.24, 2.45) is 5.92 Å². The molecule has 1 atom stereocenters. The van der Waals surface area contributed by atoms with E-state index in [9.17, 15) is 0 Å². The van der Waals surface area contributed by atoms with E-state index in [-0.39, 0.29) is 0 Å². The zero-order valence-electron chi connectivity index (χ0n) is 12.4. The third kappa shape index (κ3) is 3.07. The van der Waals surface area contributed by atoms with Crippen LogP contribution < -0.4 is 5.32 Å². The van der Waals surface area contributed by atoms with Gasteiger partial charge in [0.2, 0.25) is 0 Å². The molecule has 0 aliphatic heterocycles. The molecule has 0 radical (unpaired) electrons. The molecule has 1 unspecified atom stereocenters. The standard InChI is InChI=1S/C18H25NS/c1-2-11-19-17(14-7-3-4-8-14)12-15-13-20-18-10-6-5-9-16(15)18/h5-6,9-10,13-14,17,19H,2-4,7-8,11-12H2,1H3. The molecule has 1 aromatic heterocycles. The van der Waals surface area contributed by atoms with E-state index in [1.165, 1.54) is 48.6 Å². The van der Waals surface area contributed by atoms with Crippen molar-refractivity contribution in [2.75, 3.05) is 6.54 Å². The molecule has 1 fully saturated rings. The average Bonchev–Trinajstić information content (AvgIpc) is 3.13. The van der Waals surface area contributed by atoms with Gasteiger partial charge in [0.25, 0.3) is 0 Å². The summed E-state index contributed by atoms with van der Waals surface area (Å²) in [5.41, 5.74) is 1.55. The summed E-state index contributed by atoms with van der Waals surface area (Å²) in [7, 11) is 0. The molecule has 0 amide bonds. The van der Waals surface area contributed by atoms with Gasteiger partial charge in [0.1, 0.15) is 0 Å². The summed E-state index contributed by atoms with van der Waals surface area (Å²) in [5.74, 6) is 0.889. The normalized spacial score (nSPS) is 17.9. The molecule has 1 heterocycles. The van der Waals surface area contributed by atoms with Gasteiger partial charge in [0, 0.05) is 10.7 Å². The number of benzene rings is 1. The van der Waals surface area contributed by atoms with E-state index >= 15 is 0 Å². The molecule has 2 heteroatoms. The average molecular weight is 287 g/mol. The van der Waals surface area contributed by atoms with Gasteiger partial charge in [0.05, 0.1) is 0 Å². The van der Waals surface area contributed by atoms with Crippen molar-refractivity contribution in [1.29, 1.82) is 0 Å². The zero-order valence-corrected chi connectivity index (χ0v) is 13.2. The van der Waals surface area contributed by atoms with Crippen LogP contribution in [0.5, 0.6) is 0 Å². The van der Waals surface area contributed by atoms with Crippen molar-refractivity contribution in [3.8, 4) is 0 Å². The van der Waals surface area contributed by atoms with Gasteiger partial charge in [-0.15, -0.1) is 11.3 Å². The van der Waals surface area contributed by atoms with Crippen LogP contribution >= 0.6 is 11.3 Å². The van der Waals surface area contributed by atoms with Crippen molar-refractivity contribution in [1.82, 2.24) is 5.32 Å². The Balaban J connectivity index is 1.77. The number of fused-ring (bicyclic) bond motifs is 1. The van der Waals surface area contributed by atoms with Gasteiger partial charge >= 0.3 is 0 Å². The van der Waals surface area contributed by atoms with Crippen molar-refractivity contribution in [2.45, 2.75) is 51.5 Å². The minimum absolute atomic E-state index is 0.676. The summed E-state index contributed by atoms with van der Waals surface area (Å²) in [4.78, 5) is 0. The highest BCUT2D eigenvalue weighted by atomic mass is 32.1. The largest absolute Gasteiger partial charge is 0.313 e. The maximum Gasteiger partial charge on any atom is 0.0345 e. The Morgan fingerprint density at radius 1 is 1.25 bits per heavy atom. The second-order valence-electron chi connectivity index (χ2n) is 6.07. The lowest BCUT2D eigenvalue weighted by molar-refractivity contribution is 0.357. The molecule has 20 heavy (non-hydrogen) atoms. The third-order valence-electron chi connectivity index (χ3n) is 4.63. The highest BCUT2D eigenvalue weighted by Crippen LogP contribution is 2.32. The van der Waals surface area contributed by atoms with E-state index in [2.05, 4.69) is 41.9 Å². The fourth-order valence-electron chi connectivity index (χ4n) is 3.52. The number of hydrogen-bond acceptors (Lipinski definition) is 2. The highest BCUT2D eigenvalue weighted by Gasteiger charge is 2.25. The molecule has 0 bridgehead atoms. The zero-order chi connectivity index (χ0) is 13.8. The molecule has 1 aliphatic rings. The Hall–Kier alpha value is -0.860. The van der Waals surface area contributed by atoms with Crippen LogP contribution in [0.2, 0.25) is 0 Å². The van der Waals surface area contributed by atoms with E-state index in [0.717, 1.165) is 12.5 Å². The lowest BCUT2D eigenvalue weighted by atomic mass is 9.92. The smallest absolute Gasteiger partial charge is 0.0345 e. The van der Waals surface area contributed by atoms with Crippen LogP contribution in [-0.4, -0.2) is 12.6 Å². The lowest BCUT2D eigenvalue weighted by Crippen LogP contribution is -2.37. The van der Waals surface area contributed by atoms with Gasteiger partial charge in [-0.1, -0.05) is 38.0 Å². The summed E-state index contributed by atoms with van der Waals surface area (Å²) in [6.07, 6.45) is 8.13. The summed E-state index contributed by atoms with van der Waals surface area (Å²) < 4.78 is 1.43. The van der Waals surface area contributed by atoms with Crippen molar-refractivity contribution < 1.29 is 0 Å². The predicted molar refractivity (Wildman–Crippen MR) is 89.6 cm³/mol. The van der Waals surface area contributed by atoms with Crippen LogP contribution in [0.25, 0.3) is 10.1 Å². The summed E-state index contributed by atoms with van der Waals surface area (Å²) >= 11 is 1.89. The van der Waals surface area contributed by atoms with Crippen molar-refractivity contribution in [3.05, 3.63) is 35.2 Å². The quantitative estimate of drug-likeness (QED) is 0.788. The first-order valence-corrected chi connectivity index (χ1v) is 8.95. The van der Waals surface area contributed by atoms with Crippen LogP contribution in [0.4, 0.5) is 0 Å². The van der Waals surface area contributed by atoms with Gasteiger partial charge in [-0.2, -0.15) is 0 Å². The van der Waals surface area contributed by atoms with Crippen molar-refractivity contribution in [3.63, 3.8) is 0 Å². The molecule has 3 rings (SSSR count). The molecule has 1 N–H and O–H groups in total. The molecule has 1 nitrogen and oxygen atoms in total. The monoisotopic (exact) mass is 287 g/mol. The Morgan fingerprint density at radius 3 is 2.85 bits per heavy atom. The summed E-state index contributed by atoms with van der Waals surface area (Å²) in [6.45, 7) is 3.42. The second-order valence-corrected chi connectivity index (χ2v) is 6.98. The van der Waals surface area contributed by atoms with E-state index in [1.54, 1.807) is 5.56 Å². The number of hydrogen-bond donors (Lipinski definition) is 1. The van der Waals surface area contributed by atoms with E-state index in [0.29, 0.717) is 6.04 Å². The van der Waals surface area contributed by atoms with Gasteiger partial charge in [-0.05, 0) is 60.5 Å². The molecule has 0 spiro atoms. The fourth-order valence-corrected chi connectivity index (χ4v) is 4.50. The third-order valence-corrected chi connectivity index (χ3v) is 5.64. The molecule has 2 aromatic rings. The minimum Gasteiger partial charge on any atom is -0.313 e.